The first-order valence-electron chi connectivity index (χ1n) is 11.1. The molecule has 1 atom stereocenters. The third kappa shape index (κ3) is 5.27. The summed E-state index contributed by atoms with van der Waals surface area (Å²) in [5.74, 6) is 0.776. The number of carbonyl (C=O) groups is 1. The molecule has 8 nitrogen and oxygen atoms in total. The van der Waals surface area contributed by atoms with Gasteiger partial charge in [0.15, 0.2) is 0 Å². The Kier molecular flexibility index (Phi) is 7.39. The number of hydrogen-bond donors (Lipinski definition) is 1. The summed E-state index contributed by atoms with van der Waals surface area (Å²) >= 11 is 0. The van der Waals surface area contributed by atoms with Gasteiger partial charge in [0.25, 0.3) is 0 Å². The van der Waals surface area contributed by atoms with E-state index in [0.29, 0.717) is 50.1 Å². The van der Waals surface area contributed by atoms with Crippen molar-refractivity contribution >= 4 is 27.0 Å². The minimum Gasteiger partial charge on any atom is -0.355 e. The summed E-state index contributed by atoms with van der Waals surface area (Å²) in [4.78, 5) is 19.5. The van der Waals surface area contributed by atoms with Crippen LogP contribution in [0.1, 0.15) is 45.9 Å². The summed E-state index contributed by atoms with van der Waals surface area (Å²) in [6.45, 7) is 7.28. The summed E-state index contributed by atoms with van der Waals surface area (Å²) in [5.41, 5.74) is 1.49. The van der Waals surface area contributed by atoms with Crippen LogP contribution in [-0.4, -0.2) is 71.8 Å². The molecule has 3 rings (SSSR count). The SMILES string of the molecule is CCN(CC)S(=O)(=O)c1ccc2c(c1)nc(CCC(=O)NCC(C)N(C)C1CC1)n2C. The summed E-state index contributed by atoms with van der Waals surface area (Å²) in [5, 5.41) is 3.02. The van der Waals surface area contributed by atoms with Gasteiger partial charge in [-0.05, 0) is 45.0 Å². The molecule has 0 spiro atoms. The summed E-state index contributed by atoms with van der Waals surface area (Å²) in [6, 6.07) is 6.03. The van der Waals surface area contributed by atoms with Crippen molar-refractivity contribution in [2.24, 2.45) is 7.05 Å². The Balaban J connectivity index is 1.64. The molecule has 1 aliphatic carbocycles. The number of fused-ring (bicyclic) bond motifs is 1. The zero-order valence-corrected chi connectivity index (χ0v) is 20.1. The molecule has 1 fully saturated rings. The number of aryl methyl sites for hydroxylation is 2. The number of rotatable bonds is 11. The molecule has 1 saturated carbocycles. The number of imidazole rings is 1. The molecule has 1 aliphatic rings. The van der Waals surface area contributed by atoms with Gasteiger partial charge in [-0.15, -0.1) is 0 Å². The molecular weight excluding hydrogens is 414 g/mol. The molecule has 1 heterocycles. The Morgan fingerprint density at radius 3 is 2.58 bits per heavy atom. The Morgan fingerprint density at radius 1 is 1.29 bits per heavy atom. The van der Waals surface area contributed by atoms with E-state index >= 15 is 0 Å². The van der Waals surface area contributed by atoms with Gasteiger partial charge in [-0.3, -0.25) is 9.69 Å². The first kappa shape index (κ1) is 23.7. The lowest BCUT2D eigenvalue weighted by Crippen LogP contribution is -2.41. The zero-order chi connectivity index (χ0) is 22.8. The molecule has 1 aromatic heterocycles. The Hall–Kier alpha value is -1.97. The van der Waals surface area contributed by atoms with Crippen molar-refractivity contribution < 1.29 is 13.2 Å². The number of hydrogen-bond acceptors (Lipinski definition) is 5. The molecule has 1 amide bonds. The van der Waals surface area contributed by atoms with E-state index in [1.165, 1.54) is 17.1 Å². The monoisotopic (exact) mass is 449 g/mol. The van der Waals surface area contributed by atoms with Gasteiger partial charge in [0.05, 0.1) is 15.9 Å². The van der Waals surface area contributed by atoms with Crippen molar-refractivity contribution in [3.8, 4) is 0 Å². The van der Waals surface area contributed by atoms with Gasteiger partial charge in [-0.1, -0.05) is 13.8 Å². The third-order valence-electron chi connectivity index (χ3n) is 6.28. The zero-order valence-electron chi connectivity index (χ0n) is 19.3. The fourth-order valence-electron chi connectivity index (χ4n) is 3.89. The van der Waals surface area contributed by atoms with Gasteiger partial charge in [0.1, 0.15) is 5.82 Å². The Morgan fingerprint density at radius 2 is 1.97 bits per heavy atom. The highest BCUT2D eigenvalue weighted by atomic mass is 32.2. The maximum atomic E-state index is 12.8. The molecule has 172 valence electrons. The number of aromatic nitrogens is 2. The fourth-order valence-corrected chi connectivity index (χ4v) is 5.37. The second-order valence-corrected chi connectivity index (χ2v) is 10.3. The van der Waals surface area contributed by atoms with Crippen LogP contribution >= 0.6 is 0 Å². The topological polar surface area (TPSA) is 87.5 Å². The van der Waals surface area contributed by atoms with Crippen LogP contribution in [0.5, 0.6) is 0 Å². The van der Waals surface area contributed by atoms with Crippen molar-refractivity contribution in [3.63, 3.8) is 0 Å². The maximum Gasteiger partial charge on any atom is 0.243 e. The van der Waals surface area contributed by atoms with Gasteiger partial charge < -0.3 is 9.88 Å². The van der Waals surface area contributed by atoms with E-state index in [0.717, 1.165) is 11.3 Å². The molecule has 0 radical (unpaired) electrons. The average molecular weight is 450 g/mol. The van der Waals surface area contributed by atoms with Crippen molar-refractivity contribution in [3.05, 3.63) is 24.0 Å². The van der Waals surface area contributed by atoms with Gasteiger partial charge in [0.2, 0.25) is 15.9 Å². The van der Waals surface area contributed by atoms with Crippen LogP contribution in [0.3, 0.4) is 0 Å². The molecule has 1 N–H and O–H groups in total. The largest absolute Gasteiger partial charge is 0.355 e. The average Bonchev–Trinajstić information content (AvgIpc) is 3.55. The second-order valence-electron chi connectivity index (χ2n) is 8.38. The number of amides is 1. The molecule has 31 heavy (non-hydrogen) atoms. The van der Waals surface area contributed by atoms with Crippen LogP contribution < -0.4 is 5.32 Å². The van der Waals surface area contributed by atoms with Crippen LogP contribution in [0, 0.1) is 0 Å². The lowest BCUT2D eigenvalue weighted by atomic mass is 10.2. The van der Waals surface area contributed by atoms with E-state index in [4.69, 9.17) is 0 Å². The van der Waals surface area contributed by atoms with Gasteiger partial charge in [-0.2, -0.15) is 4.31 Å². The first-order chi connectivity index (χ1) is 14.7. The Bertz CT molecular complexity index is 1030. The molecule has 0 bridgehead atoms. The highest BCUT2D eigenvalue weighted by molar-refractivity contribution is 7.89. The molecule has 1 unspecified atom stereocenters. The van der Waals surface area contributed by atoms with E-state index in [1.807, 2.05) is 25.5 Å². The van der Waals surface area contributed by atoms with E-state index < -0.39 is 10.0 Å². The van der Waals surface area contributed by atoms with Crippen LogP contribution in [0.4, 0.5) is 0 Å². The van der Waals surface area contributed by atoms with Crippen LogP contribution in [0.15, 0.2) is 23.1 Å². The number of likely N-dealkylation sites (N-methyl/N-ethyl adjacent to an activating group) is 1. The van der Waals surface area contributed by atoms with Crippen molar-refractivity contribution in [2.75, 3.05) is 26.7 Å². The molecule has 0 saturated heterocycles. The number of carbonyl (C=O) groups excluding carboxylic acids is 1. The molecular formula is C22H35N5O3S. The summed E-state index contributed by atoms with van der Waals surface area (Å²) in [7, 11) is 0.480. The number of sulfonamides is 1. The van der Waals surface area contributed by atoms with Gasteiger partial charge >= 0.3 is 0 Å². The number of benzene rings is 1. The first-order valence-corrected chi connectivity index (χ1v) is 12.6. The standard InChI is InChI=1S/C22H35N5O3S/c1-6-27(7-2)31(29,30)18-10-11-20-19(14-18)24-21(26(20)5)12-13-22(28)23-15-16(3)25(4)17-8-9-17/h10-11,14,16-17H,6-9,12-13,15H2,1-5H3,(H,23,28). The fraction of sp³-hybridized carbons (Fsp3) is 0.636. The van der Waals surface area contributed by atoms with Crippen LogP contribution in [0.2, 0.25) is 0 Å². The van der Waals surface area contributed by atoms with Gasteiger partial charge in [-0.25, -0.2) is 13.4 Å². The van der Waals surface area contributed by atoms with Crippen LogP contribution in [0.25, 0.3) is 11.0 Å². The quantitative estimate of drug-likeness (QED) is 0.568. The predicted octanol–water partition coefficient (Wildman–Crippen LogP) is 2.14. The summed E-state index contributed by atoms with van der Waals surface area (Å²) in [6.07, 6.45) is 3.35. The highest BCUT2D eigenvalue weighted by Crippen LogP contribution is 2.26. The number of nitrogens with zero attached hydrogens (tertiary/aromatic N) is 4. The lowest BCUT2D eigenvalue weighted by molar-refractivity contribution is -0.121. The maximum absolute atomic E-state index is 12.8. The molecule has 9 heteroatoms. The van der Waals surface area contributed by atoms with Crippen molar-refractivity contribution in [1.82, 2.24) is 24.1 Å². The predicted molar refractivity (Wildman–Crippen MR) is 122 cm³/mol. The minimum atomic E-state index is -3.53. The van der Waals surface area contributed by atoms with E-state index in [2.05, 4.69) is 29.2 Å². The van der Waals surface area contributed by atoms with Crippen molar-refractivity contribution in [1.29, 1.82) is 0 Å². The smallest absolute Gasteiger partial charge is 0.243 e. The molecule has 0 aliphatic heterocycles. The highest BCUT2D eigenvalue weighted by Gasteiger charge is 2.29. The minimum absolute atomic E-state index is 0.00732. The van der Waals surface area contributed by atoms with E-state index in [-0.39, 0.29) is 10.8 Å². The second kappa shape index (κ2) is 9.67. The van der Waals surface area contributed by atoms with E-state index in [1.54, 1.807) is 18.2 Å². The Labute approximate surface area is 185 Å². The third-order valence-corrected chi connectivity index (χ3v) is 8.32. The van der Waals surface area contributed by atoms with Crippen molar-refractivity contribution in [2.45, 2.75) is 63.4 Å². The van der Waals surface area contributed by atoms with E-state index in [9.17, 15) is 13.2 Å². The molecule has 2 aromatic rings. The number of nitrogens with one attached hydrogen (secondary N) is 1. The van der Waals surface area contributed by atoms with Gasteiger partial charge in [0, 0.05) is 51.6 Å². The molecule has 1 aromatic carbocycles. The summed E-state index contributed by atoms with van der Waals surface area (Å²) < 4.78 is 29.0. The lowest BCUT2D eigenvalue weighted by Gasteiger charge is -2.24. The van der Waals surface area contributed by atoms with Crippen LogP contribution in [-0.2, 0) is 28.3 Å². The normalized spacial score (nSPS) is 15.7.